The van der Waals surface area contributed by atoms with E-state index in [2.05, 4.69) is 0 Å². The summed E-state index contributed by atoms with van der Waals surface area (Å²) in [6.45, 7) is 0. The van der Waals surface area contributed by atoms with Gasteiger partial charge in [0.2, 0.25) is 0 Å². The first kappa shape index (κ1) is 108. The number of rotatable bonds is 0. The van der Waals surface area contributed by atoms with E-state index < -0.39 is 15.3 Å². The first-order chi connectivity index (χ1) is 5.20. The predicted molar refractivity (Wildman–Crippen MR) is 56.4 cm³/mol. The van der Waals surface area contributed by atoms with Crippen LogP contribution in [0.15, 0.2) is 0 Å². The molecule has 20 heteroatoms. The van der Waals surface area contributed by atoms with Gasteiger partial charge in [0, 0.05) is 0 Å². The van der Waals surface area contributed by atoms with Crippen LogP contribution in [0.25, 0.3) is 0 Å². The van der Waals surface area contributed by atoms with E-state index >= 15 is 0 Å². The van der Waals surface area contributed by atoms with Crippen molar-refractivity contribution in [3.8, 4) is 0 Å². The van der Waals surface area contributed by atoms with Gasteiger partial charge in [-0.1, -0.05) is 0 Å². The second-order valence-corrected chi connectivity index (χ2v) is 0.671. The number of hydrogen-bond acceptors (Lipinski definition) is 9. The molecule has 20 heavy (non-hydrogen) atoms. The summed E-state index contributed by atoms with van der Waals surface area (Å²) in [6.07, 6.45) is 0. The van der Waals surface area contributed by atoms with Gasteiger partial charge in [-0.2, -0.15) is 0 Å². The molecule has 0 aromatic heterocycles. The standard InChI is InChI=1S/Cr.3NO3.7H2O/c;3*2-1(3)4;;;;;;;/h;;;;7*1H2/q+3;3*-1;;;;;;;. The van der Waals surface area contributed by atoms with Gasteiger partial charge in [0.05, 0.1) is 15.3 Å². The molecule has 0 heterocycles. The van der Waals surface area contributed by atoms with Crippen molar-refractivity contribution in [1.29, 1.82) is 0 Å². The van der Waals surface area contributed by atoms with Crippen LogP contribution in [0, 0.1) is 46.0 Å². The van der Waals surface area contributed by atoms with Gasteiger partial charge < -0.3 is 84.3 Å². The summed E-state index contributed by atoms with van der Waals surface area (Å²) < 4.78 is 0. The maximum Gasteiger partial charge on any atom is 3.00 e. The van der Waals surface area contributed by atoms with Crippen molar-refractivity contribution < 1.29 is 71.0 Å². The Bertz CT molecular complexity index is 115. The molecule has 0 rings (SSSR count). The fourth-order valence-corrected chi connectivity index (χ4v) is 0. The molecule has 0 unspecified atom stereocenters. The largest absolute Gasteiger partial charge is 3.00 e. The van der Waals surface area contributed by atoms with E-state index in [0.717, 1.165) is 0 Å². The zero-order valence-electron chi connectivity index (χ0n) is 8.92. The SMILES string of the molecule is O.O.O.O.O.O.O.O=[N+]([O-])[O-].O=[N+]([O-])[O-].O=[N+]([O-])[O-].[Cr+3]. The van der Waals surface area contributed by atoms with Crippen molar-refractivity contribution in [2.45, 2.75) is 0 Å². The Kier molecular flexibility index (Phi) is 487. The molecule has 0 fully saturated rings. The maximum atomic E-state index is 8.25. The molecule has 0 saturated carbocycles. The fraction of sp³-hybridized carbons (Fsp3) is 0. The van der Waals surface area contributed by atoms with Crippen LogP contribution in [0.2, 0.25) is 0 Å². The average Bonchev–Trinajstić information content (AvgIpc) is 1.54. The van der Waals surface area contributed by atoms with Crippen LogP contribution in [0.1, 0.15) is 0 Å². The van der Waals surface area contributed by atoms with Crippen molar-refractivity contribution in [2.24, 2.45) is 0 Å². The van der Waals surface area contributed by atoms with Crippen molar-refractivity contribution in [2.75, 3.05) is 0 Å². The second-order valence-electron chi connectivity index (χ2n) is 0.671. The quantitative estimate of drug-likeness (QED) is 0.290. The van der Waals surface area contributed by atoms with E-state index in [1.807, 2.05) is 0 Å². The van der Waals surface area contributed by atoms with E-state index in [1.165, 1.54) is 0 Å². The third-order valence-corrected chi connectivity index (χ3v) is 0. The van der Waals surface area contributed by atoms with Gasteiger partial charge in [-0.15, -0.1) is 0 Å². The zero-order valence-corrected chi connectivity index (χ0v) is 10.2. The summed E-state index contributed by atoms with van der Waals surface area (Å²) in [6, 6.07) is 0. The van der Waals surface area contributed by atoms with E-state index in [-0.39, 0.29) is 55.7 Å². The van der Waals surface area contributed by atoms with E-state index in [4.69, 9.17) is 46.0 Å². The molecule has 0 atom stereocenters. The summed E-state index contributed by atoms with van der Waals surface area (Å²) in [5, 5.41) is 44.2. The average molecular weight is 364 g/mol. The number of nitrogens with zero attached hydrogens (tertiary/aromatic N) is 3. The first-order valence-electron chi connectivity index (χ1n) is 1.64. The third kappa shape index (κ3) is 758. The summed E-state index contributed by atoms with van der Waals surface area (Å²) in [7, 11) is 0. The van der Waals surface area contributed by atoms with Gasteiger partial charge in [0.1, 0.15) is 0 Å². The van der Waals surface area contributed by atoms with Crippen LogP contribution in [0.3, 0.4) is 0 Å². The summed E-state index contributed by atoms with van der Waals surface area (Å²) in [5.41, 5.74) is 0. The molecule has 0 bridgehead atoms. The normalized spacial score (nSPS) is 3.60. The van der Waals surface area contributed by atoms with Crippen molar-refractivity contribution in [3.05, 3.63) is 46.0 Å². The minimum absolute atomic E-state index is 0. The number of hydrogen-bond donors (Lipinski definition) is 0. The molecule has 131 valence electrons. The Hall–Kier alpha value is -2.15. The van der Waals surface area contributed by atoms with Crippen LogP contribution in [0.5, 0.6) is 0 Å². The molecule has 0 aromatic rings. The maximum absolute atomic E-state index is 8.25. The monoisotopic (exact) mass is 364 g/mol. The van der Waals surface area contributed by atoms with Crippen LogP contribution >= 0.6 is 0 Å². The molecule has 0 aliphatic heterocycles. The minimum atomic E-state index is -1.75. The van der Waals surface area contributed by atoms with E-state index in [9.17, 15) is 0 Å². The van der Waals surface area contributed by atoms with Gasteiger partial charge in [0.25, 0.3) is 0 Å². The van der Waals surface area contributed by atoms with E-state index in [0.29, 0.717) is 0 Å². The molecule has 0 saturated heterocycles. The fourth-order valence-electron chi connectivity index (χ4n) is 0. The summed E-state index contributed by atoms with van der Waals surface area (Å²) >= 11 is 0. The summed E-state index contributed by atoms with van der Waals surface area (Å²) in [5.74, 6) is 0. The molecular formula is H14CrN3O16. The Morgan fingerprint density at radius 3 is 0.400 bits per heavy atom. The molecule has 19 nitrogen and oxygen atoms in total. The smallest absolute Gasteiger partial charge is 0.412 e. The molecule has 14 N–H and O–H groups in total. The van der Waals surface area contributed by atoms with Crippen molar-refractivity contribution in [1.82, 2.24) is 0 Å². The molecule has 0 aliphatic rings. The molecule has 0 spiro atoms. The third-order valence-electron chi connectivity index (χ3n) is 0. The Morgan fingerprint density at radius 2 is 0.400 bits per heavy atom. The zero-order chi connectivity index (χ0) is 10.7. The van der Waals surface area contributed by atoms with Crippen molar-refractivity contribution >= 4 is 0 Å². The molecule has 0 aliphatic carbocycles. The molecule has 0 amide bonds. The van der Waals surface area contributed by atoms with Gasteiger partial charge in [-0.25, -0.2) is 0 Å². The van der Waals surface area contributed by atoms with Crippen LogP contribution in [-0.2, 0) is 17.4 Å². The molecule has 0 aromatic carbocycles. The second kappa shape index (κ2) is 90.2. The first-order valence-corrected chi connectivity index (χ1v) is 1.64. The van der Waals surface area contributed by atoms with Gasteiger partial charge >= 0.3 is 17.4 Å². The Morgan fingerprint density at radius 1 is 0.400 bits per heavy atom. The molecular weight excluding hydrogens is 350 g/mol. The van der Waals surface area contributed by atoms with Crippen LogP contribution in [-0.4, -0.2) is 53.6 Å². The van der Waals surface area contributed by atoms with Crippen LogP contribution in [0.4, 0.5) is 0 Å². The van der Waals surface area contributed by atoms with E-state index in [1.54, 1.807) is 0 Å². The predicted octanol–water partition coefficient (Wildman–Crippen LogP) is -6.49. The minimum Gasteiger partial charge on any atom is -0.412 e. The van der Waals surface area contributed by atoms with Gasteiger partial charge in [-0.3, -0.25) is 0 Å². The van der Waals surface area contributed by atoms with Gasteiger partial charge in [0.15, 0.2) is 0 Å². The Balaban J connectivity index is -0.00000000562. The summed E-state index contributed by atoms with van der Waals surface area (Å²) in [4.78, 5) is 24.8. The topological polar surface area (TPSA) is 419 Å². The van der Waals surface area contributed by atoms with Gasteiger partial charge in [-0.05, 0) is 0 Å². The Labute approximate surface area is 118 Å². The molecule has 1 radical (unpaired) electrons. The van der Waals surface area contributed by atoms with Crippen molar-refractivity contribution in [3.63, 3.8) is 0 Å². The van der Waals surface area contributed by atoms with Crippen LogP contribution < -0.4 is 0 Å².